The topological polar surface area (TPSA) is 75.6 Å². The SMILES string of the molecule is CSc1ncc2c(n1)N(C1CCCCC1)C1(CCN(C(=O)OC(C)(C)C)C1=O)C2. The summed E-state index contributed by atoms with van der Waals surface area (Å²) in [5, 5.41) is 0.719. The van der Waals surface area contributed by atoms with Crippen molar-refractivity contribution in [2.75, 3.05) is 17.7 Å². The molecule has 2 fully saturated rings. The second-order valence-electron chi connectivity index (χ2n) is 9.26. The summed E-state index contributed by atoms with van der Waals surface area (Å²) in [6.45, 7) is 5.84. The molecule has 0 radical (unpaired) electrons. The first-order valence-corrected chi connectivity index (χ1v) is 11.7. The molecule has 158 valence electrons. The maximum absolute atomic E-state index is 13.7. The summed E-state index contributed by atoms with van der Waals surface area (Å²) in [6, 6.07) is 0.275. The third-order valence-electron chi connectivity index (χ3n) is 6.12. The third kappa shape index (κ3) is 3.60. The van der Waals surface area contributed by atoms with Crippen molar-refractivity contribution in [2.45, 2.75) is 88.1 Å². The van der Waals surface area contributed by atoms with Gasteiger partial charge in [-0.1, -0.05) is 31.0 Å². The van der Waals surface area contributed by atoms with Gasteiger partial charge < -0.3 is 9.64 Å². The van der Waals surface area contributed by atoms with Gasteiger partial charge in [0.2, 0.25) is 0 Å². The number of imide groups is 1. The number of amides is 2. The Kier molecular flexibility index (Phi) is 5.25. The van der Waals surface area contributed by atoms with Gasteiger partial charge in [-0.15, -0.1) is 0 Å². The molecular weight excluding hydrogens is 388 g/mol. The van der Waals surface area contributed by atoms with Gasteiger partial charge >= 0.3 is 6.09 Å². The molecule has 1 aromatic rings. The molecule has 7 nitrogen and oxygen atoms in total. The molecule has 1 unspecified atom stereocenters. The molecule has 8 heteroatoms. The molecule has 2 aliphatic heterocycles. The number of likely N-dealkylation sites (tertiary alicyclic amines) is 1. The summed E-state index contributed by atoms with van der Waals surface area (Å²) in [5.41, 5.74) is -0.367. The predicted octanol–water partition coefficient (Wildman–Crippen LogP) is 3.80. The van der Waals surface area contributed by atoms with Crippen molar-refractivity contribution in [3.63, 3.8) is 0 Å². The minimum absolute atomic E-state index is 0.152. The van der Waals surface area contributed by atoms with Crippen molar-refractivity contribution in [1.29, 1.82) is 0 Å². The molecule has 1 aromatic heterocycles. The van der Waals surface area contributed by atoms with Gasteiger partial charge in [-0.3, -0.25) is 4.79 Å². The lowest BCUT2D eigenvalue weighted by Gasteiger charge is -2.42. The minimum atomic E-state index is -0.743. The average Bonchev–Trinajstić information content (AvgIpc) is 3.18. The van der Waals surface area contributed by atoms with Crippen molar-refractivity contribution < 1.29 is 14.3 Å². The van der Waals surface area contributed by atoms with Crippen LogP contribution in [0.15, 0.2) is 11.4 Å². The van der Waals surface area contributed by atoms with E-state index in [0.717, 1.165) is 42.2 Å². The van der Waals surface area contributed by atoms with Crippen LogP contribution in [0.5, 0.6) is 0 Å². The van der Waals surface area contributed by atoms with E-state index in [1.807, 2.05) is 33.2 Å². The summed E-state index contributed by atoms with van der Waals surface area (Å²) in [7, 11) is 0. The summed E-state index contributed by atoms with van der Waals surface area (Å²) >= 11 is 1.51. The lowest BCUT2D eigenvalue weighted by molar-refractivity contribution is -0.131. The number of thioether (sulfide) groups is 1. The summed E-state index contributed by atoms with van der Waals surface area (Å²) in [6.07, 6.45) is 10.1. The molecule has 3 aliphatic rings. The maximum Gasteiger partial charge on any atom is 0.417 e. The smallest absolute Gasteiger partial charge is 0.417 e. The maximum atomic E-state index is 13.7. The number of ether oxygens (including phenoxy) is 1. The predicted molar refractivity (Wildman–Crippen MR) is 112 cm³/mol. The zero-order valence-corrected chi connectivity index (χ0v) is 18.5. The third-order valence-corrected chi connectivity index (χ3v) is 6.68. The summed E-state index contributed by atoms with van der Waals surface area (Å²) < 4.78 is 5.51. The number of hydrogen-bond donors (Lipinski definition) is 0. The van der Waals surface area contributed by atoms with Crippen LogP contribution in [-0.4, -0.2) is 56.9 Å². The molecule has 1 saturated heterocycles. The molecule has 0 N–H and O–H groups in total. The van der Waals surface area contributed by atoms with E-state index in [-0.39, 0.29) is 11.9 Å². The Hall–Kier alpha value is -1.83. The second kappa shape index (κ2) is 7.45. The largest absolute Gasteiger partial charge is 0.443 e. The normalized spacial score (nSPS) is 25.0. The van der Waals surface area contributed by atoms with E-state index in [2.05, 4.69) is 9.88 Å². The van der Waals surface area contributed by atoms with Crippen LogP contribution < -0.4 is 4.90 Å². The fourth-order valence-corrected chi connectivity index (χ4v) is 5.25. The molecule has 1 saturated carbocycles. The number of fused-ring (bicyclic) bond motifs is 1. The Morgan fingerprint density at radius 2 is 2.00 bits per heavy atom. The highest BCUT2D eigenvalue weighted by Crippen LogP contribution is 2.47. The van der Waals surface area contributed by atoms with Crippen LogP contribution in [0.3, 0.4) is 0 Å². The number of nitrogens with zero attached hydrogens (tertiary/aromatic N) is 4. The Labute approximate surface area is 176 Å². The Morgan fingerprint density at radius 3 is 2.66 bits per heavy atom. The standard InChI is InChI=1S/C21H30N4O3S/c1-20(2,3)28-19(27)24-11-10-21(17(24)26)12-14-13-22-18(29-4)23-16(14)25(21)15-8-6-5-7-9-15/h13,15H,5-12H2,1-4H3. The lowest BCUT2D eigenvalue weighted by Crippen LogP contribution is -2.58. The molecule has 2 amide bonds. The van der Waals surface area contributed by atoms with Gasteiger partial charge in [-0.25, -0.2) is 19.7 Å². The van der Waals surface area contributed by atoms with Gasteiger partial charge in [0.05, 0.1) is 0 Å². The van der Waals surface area contributed by atoms with E-state index >= 15 is 0 Å². The van der Waals surface area contributed by atoms with E-state index in [1.54, 1.807) is 0 Å². The number of hydrogen-bond acceptors (Lipinski definition) is 7. The molecule has 1 aliphatic carbocycles. The van der Waals surface area contributed by atoms with Crippen LogP contribution in [0, 0.1) is 0 Å². The van der Waals surface area contributed by atoms with Gasteiger partial charge in [-0.2, -0.15) is 0 Å². The molecular formula is C21H30N4O3S. The molecule has 1 atom stereocenters. The number of rotatable bonds is 2. The van der Waals surface area contributed by atoms with Crippen molar-refractivity contribution >= 4 is 29.6 Å². The zero-order valence-electron chi connectivity index (χ0n) is 17.7. The highest BCUT2D eigenvalue weighted by Gasteiger charge is 2.59. The molecule has 3 heterocycles. The quantitative estimate of drug-likeness (QED) is 0.534. The van der Waals surface area contributed by atoms with E-state index in [4.69, 9.17) is 9.72 Å². The first-order valence-electron chi connectivity index (χ1n) is 10.5. The monoisotopic (exact) mass is 418 g/mol. The van der Waals surface area contributed by atoms with Gasteiger partial charge in [0.1, 0.15) is 17.0 Å². The number of aromatic nitrogens is 2. The molecule has 0 bridgehead atoms. The van der Waals surface area contributed by atoms with E-state index < -0.39 is 17.2 Å². The van der Waals surface area contributed by atoms with Crippen molar-refractivity contribution in [3.8, 4) is 0 Å². The fourth-order valence-electron chi connectivity index (χ4n) is 4.91. The van der Waals surface area contributed by atoms with Crippen LogP contribution in [0.2, 0.25) is 0 Å². The number of anilines is 1. The lowest BCUT2D eigenvalue weighted by atomic mass is 9.87. The molecule has 1 spiro atoms. The number of carbonyl (C=O) groups is 2. The zero-order chi connectivity index (χ0) is 20.8. The van der Waals surface area contributed by atoms with Crippen LogP contribution in [0.4, 0.5) is 10.6 Å². The van der Waals surface area contributed by atoms with Crippen molar-refractivity contribution in [1.82, 2.24) is 14.9 Å². The minimum Gasteiger partial charge on any atom is -0.443 e. The van der Waals surface area contributed by atoms with Gasteiger partial charge in [0.25, 0.3) is 5.91 Å². The van der Waals surface area contributed by atoms with E-state index in [0.29, 0.717) is 19.4 Å². The van der Waals surface area contributed by atoms with Crippen LogP contribution in [-0.2, 0) is 16.0 Å². The summed E-state index contributed by atoms with van der Waals surface area (Å²) in [4.78, 5) is 39.2. The van der Waals surface area contributed by atoms with Gasteiger partial charge in [0.15, 0.2) is 5.16 Å². The Morgan fingerprint density at radius 1 is 1.28 bits per heavy atom. The highest BCUT2D eigenvalue weighted by atomic mass is 32.2. The van der Waals surface area contributed by atoms with E-state index in [1.165, 1.54) is 23.1 Å². The number of carbonyl (C=O) groups excluding carboxylic acids is 2. The van der Waals surface area contributed by atoms with Crippen LogP contribution >= 0.6 is 11.8 Å². The summed E-state index contributed by atoms with van der Waals surface area (Å²) in [5.74, 6) is 0.733. The van der Waals surface area contributed by atoms with Crippen molar-refractivity contribution in [2.24, 2.45) is 0 Å². The molecule has 29 heavy (non-hydrogen) atoms. The van der Waals surface area contributed by atoms with E-state index in [9.17, 15) is 9.59 Å². The Balaban J connectivity index is 1.70. The van der Waals surface area contributed by atoms with Crippen LogP contribution in [0.25, 0.3) is 0 Å². The first kappa shape index (κ1) is 20.4. The second-order valence-corrected chi connectivity index (χ2v) is 10.0. The Bertz CT molecular complexity index is 819. The van der Waals surface area contributed by atoms with Gasteiger partial charge in [-0.05, 0) is 46.3 Å². The van der Waals surface area contributed by atoms with Gasteiger partial charge in [0, 0.05) is 30.8 Å². The first-order chi connectivity index (χ1) is 13.7. The molecule has 0 aromatic carbocycles. The van der Waals surface area contributed by atoms with Crippen molar-refractivity contribution in [3.05, 3.63) is 11.8 Å². The van der Waals surface area contributed by atoms with Crippen LogP contribution in [0.1, 0.15) is 64.9 Å². The fraction of sp³-hybridized carbons (Fsp3) is 0.714. The average molecular weight is 419 g/mol. The highest BCUT2D eigenvalue weighted by molar-refractivity contribution is 7.98. The molecule has 4 rings (SSSR count).